The third kappa shape index (κ3) is 28.2. The normalized spacial score (nSPS) is 7.78. The number of aliphatic hydroxyl groups is 1. The molecule has 0 aromatic carbocycles. The molecule has 6 N–H and O–H groups in total. The van der Waals surface area contributed by atoms with E-state index in [1.54, 1.807) is 0 Å². The zero-order valence-electron chi connectivity index (χ0n) is 3.83. The summed E-state index contributed by atoms with van der Waals surface area (Å²) in [5.41, 5.74) is 0. The molecule has 0 aliphatic heterocycles. The van der Waals surface area contributed by atoms with E-state index in [-0.39, 0.29) is 40.5 Å². The Labute approximate surface area is 74.5 Å². The van der Waals surface area contributed by atoms with Crippen molar-refractivity contribution in [1.82, 2.24) is 0 Å². The summed E-state index contributed by atoms with van der Waals surface area (Å²) < 4.78 is 26.2. The number of aliphatic hydroxyl groups excluding tert-OH is 1. The average Bonchev–Trinajstić information content (AvgIpc) is 1.35. The van der Waals surface area contributed by atoms with Gasteiger partial charge in [0.2, 0.25) is 0 Å². The molecule has 0 amide bonds. The van der Waals surface area contributed by atoms with Gasteiger partial charge >= 0.3 is 29.6 Å². The Morgan fingerprint density at radius 2 is 1.33 bits per heavy atom. The van der Waals surface area contributed by atoms with Crippen molar-refractivity contribution >= 4 is 39.7 Å². The second kappa shape index (κ2) is 8.79. The van der Waals surface area contributed by atoms with Crippen LogP contribution in [0.2, 0.25) is 0 Å². The molecule has 0 spiro atoms. The molecule has 0 aliphatic rings. The van der Waals surface area contributed by atoms with Crippen molar-refractivity contribution in [2.24, 2.45) is 0 Å². The summed E-state index contributed by atoms with van der Waals surface area (Å²) in [6, 6.07) is 0. The standard InChI is InChI=1S/CH4O4S.Na.2H2O.H/c2-1-6(3,4)5;;;;/h2H,1H2,(H,3,4,5);;2*1H2;. The SMILES string of the molecule is O.O.O=S(=O)(O)CO.[NaH]. The molecule has 6 nitrogen and oxygen atoms in total. The van der Waals surface area contributed by atoms with Gasteiger partial charge in [0.25, 0.3) is 10.1 Å². The van der Waals surface area contributed by atoms with Gasteiger partial charge in [0, 0.05) is 0 Å². The van der Waals surface area contributed by atoms with Crippen LogP contribution in [0.1, 0.15) is 0 Å². The van der Waals surface area contributed by atoms with Crippen LogP contribution >= 0.6 is 0 Å². The van der Waals surface area contributed by atoms with Gasteiger partial charge in [-0.2, -0.15) is 8.42 Å². The van der Waals surface area contributed by atoms with Crippen molar-refractivity contribution in [2.75, 3.05) is 5.94 Å². The maximum atomic E-state index is 9.31. The summed E-state index contributed by atoms with van der Waals surface area (Å²) in [5.74, 6) is -1.20. The fourth-order valence-electron chi connectivity index (χ4n) is 0. The van der Waals surface area contributed by atoms with Crippen molar-refractivity contribution in [3.8, 4) is 0 Å². The zero-order chi connectivity index (χ0) is 5.21. The topological polar surface area (TPSA) is 138 Å². The van der Waals surface area contributed by atoms with Gasteiger partial charge in [0.05, 0.1) is 0 Å². The Hall–Kier alpha value is 0.790. The molecule has 0 bridgehead atoms. The van der Waals surface area contributed by atoms with Gasteiger partial charge in [-0.3, -0.25) is 4.55 Å². The van der Waals surface area contributed by atoms with Crippen LogP contribution in [-0.2, 0) is 10.1 Å². The summed E-state index contributed by atoms with van der Waals surface area (Å²) in [6.07, 6.45) is 0. The first kappa shape index (κ1) is 22.6. The first-order chi connectivity index (χ1) is 2.56. The molecule has 0 saturated heterocycles. The summed E-state index contributed by atoms with van der Waals surface area (Å²) in [4.78, 5) is 0. The van der Waals surface area contributed by atoms with E-state index in [1.807, 2.05) is 0 Å². The molecule has 0 heterocycles. The van der Waals surface area contributed by atoms with Crippen LogP contribution < -0.4 is 0 Å². The fraction of sp³-hybridized carbons (Fsp3) is 1.00. The number of hydrogen-bond acceptors (Lipinski definition) is 3. The Morgan fingerprint density at radius 1 is 1.22 bits per heavy atom. The van der Waals surface area contributed by atoms with Gasteiger partial charge in [-0.15, -0.1) is 0 Å². The first-order valence-corrected chi connectivity index (χ1v) is 2.73. The Kier molecular flexibility index (Phi) is 22.0. The quantitative estimate of drug-likeness (QED) is 0.313. The van der Waals surface area contributed by atoms with Crippen molar-refractivity contribution in [3.05, 3.63) is 0 Å². The Morgan fingerprint density at radius 3 is 1.33 bits per heavy atom. The first-order valence-electron chi connectivity index (χ1n) is 1.12. The van der Waals surface area contributed by atoms with Crippen LogP contribution in [-0.4, -0.2) is 64.5 Å². The van der Waals surface area contributed by atoms with Crippen LogP contribution in [0.3, 0.4) is 0 Å². The van der Waals surface area contributed by atoms with Gasteiger partial charge in [-0.25, -0.2) is 0 Å². The molecule has 0 fully saturated rings. The van der Waals surface area contributed by atoms with Crippen LogP contribution in [0, 0.1) is 0 Å². The summed E-state index contributed by atoms with van der Waals surface area (Å²) in [7, 11) is -4.11. The van der Waals surface area contributed by atoms with Crippen molar-refractivity contribution in [2.45, 2.75) is 0 Å². The van der Waals surface area contributed by atoms with Gasteiger partial charge < -0.3 is 16.1 Å². The number of hydrogen-bond donors (Lipinski definition) is 2. The molecule has 0 atom stereocenters. The van der Waals surface area contributed by atoms with Gasteiger partial charge in [0.1, 0.15) is 0 Å². The van der Waals surface area contributed by atoms with Gasteiger partial charge in [-0.1, -0.05) is 0 Å². The molecule has 0 aromatic heterocycles. The second-order valence-electron chi connectivity index (χ2n) is 0.711. The number of rotatable bonds is 1. The zero-order valence-corrected chi connectivity index (χ0v) is 4.64. The summed E-state index contributed by atoms with van der Waals surface area (Å²) in [5, 5.41) is 7.56. The third-order valence-electron chi connectivity index (χ3n) is 0.163. The molecule has 0 unspecified atom stereocenters. The summed E-state index contributed by atoms with van der Waals surface area (Å²) in [6.45, 7) is 0. The minimum atomic E-state index is -4.11. The van der Waals surface area contributed by atoms with Crippen molar-refractivity contribution < 1.29 is 29.0 Å². The molecular formula is CH9NaO6S. The van der Waals surface area contributed by atoms with Gasteiger partial charge in [-0.05, 0) is 0 Å². The van der Waals surface area contributed by atoms with Gasteiger partial charge in [0.15, 0.2) is 5.94 Å². The second-order valence-corrected chi connectivity index (χ2v) is 2.13. The van der Waals surface area contributed by atoms with Crippen LogP contribution in [0.4, 0.5) is 0 Å². The van der Waals surface area contributed by atoms with E-state index in [1.165, 1.54) is 0 Å². The molecule has 8 heteroatoms. The predicted molar refractivity (Wildman–Crippen MR) is 33.0 cm³/mol. The Bertz CT molecular complexity index is 115. The van der Waals surface area contributed by atoms with Crippen LogP contribution in [0.5, 0.6) is 0 Å². The molecule has 0 saturated carbocycles. The molecule has 0 rings (SSSR count). The average molecular weight is 172 g/mol. The van der Waals surface area contributed by atoms with Crippen LogP contribution in [0.25, 0.3) is 0 Å². The van der Waals surface area contributed by atoms with E-state index in [2.05, 4.69) is 0 Å². The molecule has 9 heavy (non-hydrogen) atoms. The van der Waals surface area contributed by atoms with Crippen LogP contribution in [0.15, 0.2) is 0 Å². The molecular weight excluding hydrogens is 163 g/mol. The maximum absolute atomic E-state index is 9.31. The van der Waals surface area contributed by atoms with E-state index in [4.69, 9.17) is 9.66 Å². The van der Waals surface area contributed by atoms with Crippen molar-refractivity contribution in [3.63, 3.8) is 0 Å². The fourth-order valence-corrected chi connectivity index (χ4v) is 0. The van der Waals surface area contributed by atoms with E-state index in [0.29, 0.717) is 0 Å². The molecule has 0 aliphatic carbocycles. The van der Waals surface area contributed by atoms with E-state index < -0.39 is 16.1 Å². The van der Waals surface area contributed by atoms with E-state index >= 15 is 0 Å². The van der Waals surface area contributed by atoms with E-state index in [0.717, 1.165) is 0 Å². The molecule has 0 radical (unpaired) electrons. The molecule has 56 valence electrons. The monoisotopic (exact) mass is 172 g/mol. The minimum absolute atomic E-state index is 0. The molecule has 0 aromatic rings. The predicted octanol–water partition coefficient (Wildman–Crippen LogP) is -3.47. The third-order valence-corrected chi connectivity index (χ3v) is 0.489. The Balaban J connectivity index is -0.0000000417. The van der Waals surface area contributed by atoms with E-state index in [9.17, 15) is 8.42 Å². The van der Waals surface area contributed by atoms with Crippen molar-refractivity contribution in [1.29, 1.82) is 0 Å². The summed E-state index contributed by atoms with van der Waals surface area (Å²) >= 11 is 0.